The van der Waals surface area contributed by atoms with Crippen LogP contribution in [0.15, 0.2) is 36.9 Å². The predicted molar refractivity (Wildman–Crippen MR) is 67.0 cm³/mol. The van der Waals surface area contributed by atoms with Crippen molar-refractivity contribution >= 4 is 34.6 Å². The molecule has 0 fully saturated rings. The monoisotopic (exact) mass is 334 g/mol. The summed E-state index contributed by atoms with van der Waals surface area (Å²) in [4.78, 5) is 0. The summed E-state index contributed by atoms with van der Waals surface area (Å²) in [6.07, 6.45) is 0. The molecular weight excluding hydrogens is 320 g/mol. The first-order valence-corrected chi connectivity index (χ1v) is 15.6. The van der Waals surface area contributed by atoms with Crippen molar-refractivity contribution in [3.63, 3.8) is 0 Å². The molecule has 0 aliphatic carbocycles. The average Bonchev–Trinajstić information content (AvgIpc) is 2.03. The third-order valence-electron chi connectivity index (χ3n) is 1.84. The zero-order chi connectivity index (χ0) is 9.19. The van der Waals surface area contributed by atoms with E-state index in [1.165, 1.54) is 9.97 Å². The van der Waals surface area contributed by atoms with Gasteiger partial charge in [-0.1, -0.05) is 0 Å². The van der Waals surface area contributed by atoms with Crippen molar-refractivity contribution in [1.29, 1.82) is 0 Å². The molecule has 0 nitrogen and oxygen atoms in total. The summed E-state index contributed by atoms with van der Waals surface area (Å²) in [6, 6.07) is 10.5. The summed E-state index contributed by atoms with van der Waals surface area (Å²) in [7, 11) is -1.70. The van der Waals surface area contributed by atoms with Gasteiger partial charge in [0.2, 0.25) is 0 Å². The van der Waals surface area contributed by atoms with Crippen molar-refractivity contribution in [3.8, 4) is 0 Å². The number of benzene rings is 1. The van der Waals surface area contributed by atoms with E-state index in [0.29, 0.717) is 0 Å². The Morgan fingerprint density at radius 1 is 1.25 bits per heavy atom. The molecule has 0 amide bonds. The van der Waals surface area contributed by atoms with Gasteiger partial charge in [-0.25, -0.2) is 0 Å². The van der Waals surface area contributed by atoms with Gasteiger partial charge in [-0.3, -0.25) is 0 Å². The van der Waals surface area contributed by atoms with Crippen molar-refractivity contribution in [2.75, 3.05) is 0 Å². The van der Waals surface area contributed by atoms with Gasteiger partial charge in [0.1, 0.15) is 0 Å². The molecule has 0 saturated carbocycles. The Bertz CT molecular complexity index is 272. The van der Waals surface area contributed by atoms with Gasteiger partial charge in [0.25, 0.3) is 0 Å². The molecule has 2 heteroatoms. The van der Waals surface area contributed by atoms with Crippen LogP contribution < -0.4 is 0 Å². The van der Waals surface area contributed by atoms with Crippen LogP contribution in [0.5, 0.6) is 0 Å². The van der Waals surface area contributed by atoms with Gasteiger partial charge in [0.15, 0.2) is 0 Å². The minimum absolute atomic E-state index is 1.32. The fourth-order valence-corrected chi connectivity index (χ4v) is 4.39. The van der Waals surface area contributed by atoms with Gasteiger partial charge in [0.05, 0.1) is 0 Å². The van der Waals surface area contributed by atoms with Gasteiger partial charge in [-0.05, 0) is 0 Å². The van der Waals surface area contributed by atoms with Crippen molar-refractivity contribution in [1.82, 2.24) is 0 Å². The van der Waals surface area contributed by atoms with E-state index in [2.05, 4.69) is 62.6 Å². The molecule has 0 spiro atoms. The molecule has 64 valence electrons. The summed E-state index contributed by atoms with van der Waals surface area (Å²) < 4.78 is 1.37. The van der Waals surface area contributed by atoms with Crippen LogP contribution in [0.25, 0.3) is 4.41 Å². The van der Waals surface area contributed by atoms with Gasteiger partial charge in [0, 0.05) is 0 Å². The molecule has 0 atom stereocenters. The summed E-state index contributed by atoms with van der Waals surface area (Å²) >= 11 is 2.59. The molecule has 0 aliphatic heterocycles. The Balaban J connectivity index is 2.94. The van der Waals surface area contributed by atoms with Crippen LogP contribution in [0.1, 0.15) is 5.56 Å². The van der Waals surface area contributed by atoms with E-state index in [1.807, 2.05) is 6.07 Å². The van der Waals surface area contributed by atoms with Crippen LogP contribution in [-0.2, 0) is 0 Å². The van der Waals surface area contributed by atoms with Crippen molar-refractivity contribution in [3.05, 3.63) is 42.5 Å². The third kappa shape index (κ3) is 2.62. The Hall–Kier alpha value is 0.233. The van der Waals surface area contributed by atoms with Gasteiger partial charge < -0.3 is 0 Å². The molecule has 0 N–H and O–H groups in total. The summed E-state index contributed by atoms with van der Waals surface area (Å²) in [6.45, 7) is 4.17. The van der Waals surface area contributed by atoms with Crippen LogP contribution in [-0.4, -0.2) is 9.96 Å². The van der Waals surface area contributed by atoms with E-state index in [0.717, 1.165) is 0 Å². The van der Waals surface area contributed by atoms with Crippen molar-refractivity contribution in [2.45, 2.75) is 11.5 Å². The van der Waals surface area contributed by atoms with Gasteiger partial charge in [-0.15, -0.1) is 0 Å². The van der Waals surface area contributed by atoms with Gasteiger partial charge in [-0.2, -0.15) is 0 Å². The third-order valence-corrected chi connectivity index (χ3v) is 8.84. The maximum atomic E-state index is 4.17. The first-order valence-electron chi connectivity index (χ1n) is 3.95. The second-order valence-electron chi connectivity index (χ2n) is 3.32. The molecule has 0 heterocycles. The van der Waals surface area contributed by atoms with E-state index < -0.39 is 9.96 Å². The van der Waals surface area contributed by atoms with Crippen LogP contribution in [0, 0.1) is 0 Å². The Kier molecular flexibility index (Phi) is 3.40. The Labute approximate surface area is 88.0 Å². The van der Waals surface area contributed by atoms with E-state index in [9.17, 15) is 0 Å². The van der Waals surface area contributed by atoms with E-state index in [-0.39, 0.29) is 0 Å². The number of halogens is 1. The molecule has 0 aliphatic rings. The molecule has 1 rings (SSSR count). The molecule has 12 heavy (non-hydrogen) atoms. The number of hydrogen-bond acceptors (Lipinski definition) is 0. The SMILES string of the molecule is C=[C](c1ccccc1)[Ge]([CH3])([CH3])[I]. The predicted octanol–water partition coefficient (Wildman–Crippen LogP) is 3.88. The van der Waals surface area contributed by atoms with Crippen LogP contribution in [0.4, 0.5) is 0 Å². The second kappa shape index (κ2) is 3.96. The number of hydrogen-bond donors (Lipinski definition) is 0. The fourth-order valence-electron chi connectivity index (χ4n) is 0.983. The first-order chi connectivity index (χ1) is 5.52. The molecule has 0 saturated heterocycles. The van der Waals surface area contributed by atoms with E-state index in [1.54, 1.807) is 0 Å². The van der Waals surface area contributed by atoms with E-state index in [4.69, 9.17) is 0 Å². The molecule has 1 aromatic carbocycles. The molecule has 0 bridgehead atoms. The number of rotatable bonds is 2. The van der Waals surface area contributed by atoms with Crippen molar-refractivity contribution < 1.29 is 0 Å². The Morgan fingerprint density at radius 3 is 2.17 bits per heavy atom. The molecular formula is C10H13GeI. The Morgan fingerprint density at radius 2 is 1.75 bits per heavy atom. The topological polar surface area (TPSA) is 0 Å². The average molecular weight is 333 g/mol. The molecule has 0 unspecified atom stereocenters. The molecule has 0 aromatic heterocycles. The normalized spacial score (nSPS) is 11.2. The standard InChI is InChI=1S/C10H13GeI/c1-9(11(2,3)12)10-7-5-4-6-8-10/h4-8H,1H2,2-3H3. The minimum atomic E-state index is -1.70. The quantitative estimate of drug-likeness (QED) is 0.569. The molecule has 0 radical (unpaired) electrons. The first kappa shape index (κ1) is 10.3. The maximum absolute atomic E-state index is 4.17. The van der Waals surface area contributed by atoms with Gasteiger partial charge >= 0.3 is 88.6 Å². The van der Waals surface area contributed by atoms with Crippen LogP contribution >= 0.6 is 20.2 Å². The second-order valence-corrected chi connectivity index (χ2v) is 24.8. The summed E-state index contributed by atoms with van der Waals surface area (Å²) in [5.74, 6) is 4.71. The van der Waals surface area contributed by atoms with Crippen LogP contribution in [0.2, 0.25) is 11.5 Å². The van der Waals surface area contributed by atoms with E-state index >= 15 is 0 Å². The zero-order valence-corrected chi connectivity index (χ0v) is 11.7. The summed E-state index contributed by atoms with van der Waals surface area (Å²) in [5.41, 5.74) is 1.32. The fraction of sp³-hybridized carbons (Fsp3) is 0.200. The van der Waals surface area contributed by atoms with Crippen LogP contribution in [0.3, 0.4) is 0 Å². The molecule has 1 aromatic rings. The zero-order valence-electron chi connectivity index (χ0n) is 7.47. The summed E-state index contributed by atoms with van der Waals surface area (Å²) in [5, 5.41) is 0. The van der Waals surface area contributed by atoms with Crippen molar-refractivity contribution in [2.24, 2.45) is 0 Å².